The van der Waals surface area contributed by atoms with Crippen molar-refractivity contribution < 1.29 is 9.53 Å². The van der Waals surface area contributed by atoms with Crippen LogP contribution in [-0.2, 0) is 17.6 Å². The number of nitrogens with one attached hydrogen (secondary N) is 2. The minimum atomic E-state index is -0.202. The second-order valence-electron chi connectivity index (χ2n) is 7.22. The van der Waals surface area contributed by atoms with Crippen molar-refractivity contribution in [3.05, 3.63) is 56.8 Å². The van der Waals surface area contributed by atoms with E-state index in [1.807, 2.05) is 19.1 Å². The first-order valence-electron chi connectivity index (χ1n) is 9.42. The minimum Gasteiger partial charge on any atom is -0.493 e. The van der Waals surface area contributed by atoms with Gasteiger partial charge in [0.15, 0.2) is 0 Å². The molecule has 1 amide bonds. The Kier molecular flexibility index (Phi) is 4.62. The summed E-state index contributed by atoms with van der Waals surface area (Å²) in [7, 11) is 0. The van der Waals surface area contributed by atoms with E-state index in [2.05, 4.69) is 26.4 Å². The number of benzene rings is 1. The second-order valence-corrected chi connectivity index (χ2v) is 7.22. The smallest absolute Gasteiger partial charge is 0.277 e. The number of carbonyl (C=O) groups is 1. The fourth-order valence-electron chi connectivity index (χ4n) is 3.40. The molecule has 2 aromatic heterocycles. The normalized spacial score (nSPS) is 14.4. The molecule has 8 nitrogen and oxygen atoms in total. The maximum Gasteiger partial charge on any atom is 0.277 e. The molecule has 1 aliphatic rings. The van der Waals surface area contributed by atoms with Crippen LogP contribution in [0.2, 0.25) is 0 Å². The Morgan fingerprint density at radius 1 is 1.36 bits per heavy atom. The van der Waals surface area contributed by atoms with Gasteiger partial charge in [-0.1, -0.05) is 12.1 Å². The van der Waals surface area contributed by atoms with Gasteiger partial charge in [-0.05, 0) is 50.8 Å². The molecule has 146 valence electrons. The zero-order chi connectivity index (χ0) is 19.8. The number of nitrogens with zero attached hydrogens (tertiary/aromatic N) is 3. The molecule has 3 aromatic rings. The molecule has 0 aliphatic carbocycles. The molecule has 0 bridgehead atoms. The molecule has 0 spiro atoms. The van der Waals surface area contributed by atoms with Crippen LogP contribution in [0.15, 0.2) is 23.0 Å². The number of carbonyl (C=O) groups excluding carboxylic acids is 1. The van der Waals surface area contributed by atoms with Crippen molar-refractivity contribution in [1.82, 2.24) is 24.9 Å². The lowest BCUT2D eigenvalue weighted by Crippen LogP contribution is -2.28. The van der Waals surface area contributed by atoms with Crippen LogP contribution in [-0.4, -0.2) is 32.1 Å². The van der Waals surface area contributed by atoms with Crippen LogP contribution in [0.1, 0.15) is 47.6 Å². The Morgan fingerprint density at radius 2 is 2.18 bits per heavy atom. The van der Waals surface area contributed by atoms with E-state index in [-0.39, 0.29) is 29.7 Å². The van der Waals surface area contributed by atoms with E-state index < -0.39 is 0 Å². The van der Waals surface area contributed by atoms with E-state index in [4.69, 9.17) is 4.74 Å². The van der Waals surface area contributed by atoms with Crippen LogP contribution in [0, 0.1) is 13.8 Å². The lowest BCUT2D eigenvalue weighted by atomic mass is 10.00. The highest BCUT2D eigenvalue weighted by Crippen LogP contribution is 2.27. The van der Waals surface area contributed by atoms with Crippen LogP contribution in [0.25, 0.3) is 5.78 Å². The van der Waals surface area contributed by atoms with Gasteiger partial charge in [-0.15, -0.1) is 0 Å². The molecular weight excluding hydrogens is 358 g/mol. The third kappa shape index (κ3) is 3.37. The maximum atomic E-state index is 12.5. The summed E-state index contributed by atoms with van der Waals surface area (Å²) in [5.41, 5.74) is 3.20. The van der Waals surface area contributed by atoms with Gasteiger partial charge in [0, 0.05) is 11.3 Å². The van der Waals surface area contributed by atoms with Gasteiger partial charge >= 0.3 is 0 Å². The summed E-state index contributed by atoms with van der Waals surface area (Å²) in [6.07, 6.45) is 2.04. The van der Waals surface area contributed by atoms with Gasteiger partial charge in [0.1, 0.15) is 11.6 Å². The van der Waals surface area contributed by atoms with Crippen molar-refractivity contribution in [3.63, 3.8) is 0 Å². The molecule has 1 aromatic carbocycles. The average Bonchev–Trinajstić information content (AvgIpc) is 3.07. The zero-order valence-corrected chi connectivity index (χ0v) is 16.2. The van der Waals surface area contributed by atoms with E-state index in [1.165, 1.54) is 10.1 Å². The monoisotopic (exact) mass is 381 g/mol. The number of aryl methyl sites for hydroxylation is 2. The molecule has 8 heteroatoms. The van der Waals surface area contributed by atoms with Gasteiger partial charge in [0.05, 0.1) is 19.1 Å². The van der Waals surface area contributed by atoms with E-state index in [0.717, 1.165) is 30.8 Å². The fraction of sp³-hybridized carbons (Fsp3) is 0.400. The summed E-state index contributed by atoms with van der Waals surface area (Å²) in [4.78, 5) is 33.3. The van der Waals surface area contributed by atoms with Crippen molar-refractivity contribution >= 4 is 11.7 Å². The van der Waals surface area contributed by atoms with Crippen LogP contribution in [0.4, 0.5) is 0 Å². The molecule has 4 rings (SSSR count). The Morgan fingerprint density at radius 3 is 3.00 bits per heavy atom. The van der Waals surface area contributed by atoms with Gasteiger partial charge in [-0.3, -0.25) is 14.7 Å². The summed E-state index contributed by atoms with van der Waals surface area (Å²) in [5.74, 6) is 1.43. The summed E-state index contributed by atoms with van der Waals surface area (Å²) < 4.78 is 6.92. The Balaban J connectivity index is 1.47. The molecular formula is C20H23N5O3. The molecule has 0 unspecified atom stereocenters. The number of ether oxygens (including phenoxy) is 1. The predicted molar refractivity (Wildman–Crippen MR) is 104 cm³/mol. The number of rotatable bonds is 4. The van der Waals surface area contributed by atoms with Crippen LogP contribution >= 0.6 is 0 Å². The summed E-state index contributed by atoms with van der Waals surface area (Å²) in [6.45, 7) is 6.19. The van der Waals surface area contributed by atoms with Gasteiger partial charge in [-0.2, -0.15) is 9.50 Å². The van der Waals surface area contributed by atoms with Gasteiger partial charge < -0.3 is 10.1 Å². The lowest BCUT2D eigenvalue weighted by molar-refractivity contribution is -0.121. The molecule has 2 N–H and O–H groups in total. The molecule has 0 saturated carbocycles. The standard InChI is InChI=1S/C20H23N5O3/c1-11-12(2)22-20-23-17(24-25(20)19(11)27)10-18(26)21-13(3)14-6-7-16-15(9-14)5-4-8-28-16/h6-7,9,13H,4-5,8,10H2,1-3H3,(H,21,26)(H,22,23,24)/t13-/m0/s1. The number of fused-ring (bicyclic) bond motifs is 2. The number of hydrogen-bond donors (Lipinski definition) is 2. The molecule has 1 atom stereocenters. The topological polar surface area (TPSA) is 101 Å². The number of hydrogen-bond acceptors (Lipinski definition) is 5. The van der Waals surface area contributed by atoms with E-state index in [0.29, 0.717) is 17.1 Å². The third-order valence-electron chi connectivity index (χ3n) is 5.15. The molecule has 28 heavy (non-hydrogen) atoms. The summed E-state index contributed by atoms with van der Waals surface area (Å²) in [6, 6.07) is 5.89. The quantitative estimate of drug-likeness (QED) is 0.717. The Bertz CT molecular complexity index is 1110. The van der Waals surface area contributed by atoms with Crippen molar-refractivity contribution in [2.24, 2.45) is 0 Å². The highest BCUT2D eigenvalue weighted by Gasteiger charge is 2.17. The Hall–Kier alpha value is -3.16. The fourth-order valence-corrected chi connectivity index (χ4v) is 3.40. The first-order chi connectivity index (χ1) is 13.4. The number of H-pyrrole nitrogens is 1. The Labute approximate surface area is 161 Å². The zero-order valence-electron chi connectivity index (χ0n) is 16.2. The second kappa shape index (κ2) is 7.10. The van der Waals surface area contributed by atoms with Gasteiger partial charge in [0.25, 0.3) is 11.3 Å². The SMILES string of the molecule is Cc1nc2nc(CC(=O)N[C@@H](C)c3ccc4c(c3)CCCO4)[nH]n2c(=O)c1C. The van der Waals surface area contributed by atoms with Crippen molar-refractivity contribution in [3.8, 4) is 5.75 Å². The highest BCUT2D eigenvalue weighted by molar-refractivity contribution is 5.78. The number of aromatic amines is 1. The van der Waals surface area contributed by atoms with Crippen LogP contribution in [0.5, 0.6) is 5.75 Å². The summed E-state index contributed by atoms with van der Waals surface area (Å²) in [5, 5.41) is 5.86. The summed E-state index contributed by atoms with van der Waals surface area (Å²) >= 11 is 0. The van der Waals surface area contributed by atoms with Gasteiger partial charge in [-0.25, -0.2) is 4.98 Å². The molecule has 0 fully saturated rings. The molecule has 3 heterocycles. The number of aromatic nitrogens is 4. The van der Waals surface area contributed by atoms with Crippen molar-refractivity contribution in [2.45, 2.75) is 46.1 Å². The van der Waals surface area contributed by atoms with Gasteiger partial charge in [0.2, 0.25) is 5.91 Å². The predicted octanol–water partition coefficient (Wildman–Crippen LogP) is 1.78. The van der Waals surface area contributed by atoms with Crippen LogP contribution < -0.4 is 15.6 Å². The first kappa shape index (κ1) is 18.2. The van der Waals surface area contributed by atoms with Crippen molar-refractivity contribution in [1.29, 1.82) is 0 Å². The average molecular weight is 381 g/mol. The third-order valence-corrected chi connectivity index (χ3v) is 5.15. The van der Waals surface area contributed by atoms with E-state index >= 15 is 0 Å². The van der Waals surface area contributed by atoms with E-state index in [1.54, 1.807) is 13.8 Å². The van der Waals surface area contributed by atoms with Crippen molar-refractivity contribution in [2.75, 3.05) is 6.61 Å². The van der Waals surface area contributed by atoms with E-state index in [9.17, 15) is 9.59 Å². The molecule has 0 saturated heterocycles. The first-order valence-corrected chi connectivity index (χ1v) is 9.42. The largest absolute Gasteiger partial charge is 0.493 e. The number of amides is 1. The minimum absolute atomic E-state index is 0.0410. The molecule has 0 radical (unpaired) electrons. The highest BCUT2D eigenvalue weighted by atomic mass is 16.5. The van der Waals surface area contributed by atoms with Crippen LogP contribution in [0.3, 0.4) is 0 Å². The maximum absolute atomic E-state index is 12.5. The molecule has 1 aliphatic heterocycles. The lowest BCUT2D eigenvalue weighted by Gasteiger charge is -2.20.